The molecular weight excluding hydrogens is 240 g/mol. The van der Waals surface area contributed by atoms with Crippen LogP contribution in [0.15, 0.2) is 6.20 Å². The van der Waals surface area contributed by atoms with Gasteiger partial charge >= 0.3 is 0 Å². The lowest BCUT2D eigenvalue weighted by atomic mass is 9.90. The quantitative estimate of drug-likeness (QED) is 0.867. The third-order valence-electron chi connectivity index (χ3n) is 4.03. The van der Waals surface area contributed by atoms with Crippen LogP contribution in [-0.4, -0.2) is 36.4 Å². The Morgan fingerprint density at radius 3 is 2.95 bits per heavy atom. The van der Waals surface area contributed by atoms with Gasteiger partial charge in [0.1, 0.15) is 5.75 Å². The number of ether oxygens (including phenoxy) is 1. The van der Waals surface area contributed by atoms with Crippen LogP contribution in [0.1, 0.15) is 29.7 Å². The van der Waals surface area contributed by atoms with Crippen molar-refractivity contribution in [2.45, 2.75) is 39.2 Å². The van der Waals surface area contributed by atoms with Gasteiger partial charge in [0.2, 0.25) is 0 Å². The van der Waals surface area contributed by atoms with Crippen molar-refractivity contribution < 1.29 is 9.84 Å². The number of aliphatic hydroxyl groups is 1. The van der Waals surface area contributed by atoms with E-state index in [0.717, 1.165) is 48.5 Å². The van der Waals surface area contributed by atoms with Crippen LogP contribution in [0.4, 0.5) is 0 Å². The molecule has 1 fully saturated rings. The number of nitrogens with one attached hydrogen (secondary N) is 1. The van der Waals surface area contributed by atoms with Crippen molar-refractivity contribution in [1.82, 2.24) is 10.3 Å². The summed E-state index contributed by atoms with van der Waals surface area (Å²) in [7, 11) is 1.68. The number of hydrogen-bond acceptors (Lipinski definition) is 4. The first-order chi connectivity index (χ1) is 9.13. The summed E-state index contributed by atoms with van der Waals surface area (Å²) >= 11 is 0. The molecule has 0 aliphatic carbocycles. The van der Waals surface area contributed by atoms with E-state index in [2.05, 4.69) is 10.3 Å². The molecule has 19 heavy (non-hydrogen) atoms. The average Bonchev–Trinajstić information content (AvgIpc) is 2.43. The molecule has 1 aliphatic heterocycles. The Labute approximate surface area is 115 Å². The van der Waals surface area contributed by atoms with Crippen LogP contribution in [0.25, 0.3) is 0 Å². The van der Waals surface area contributed by atoms with Crippen LogP contribution < -0.4 is 10.1 Å². The molecule has 0 radical (unpaired) electrons. The van der Waals surface area contributed by atoms with Crippen molar-refractivity contribution in [3.63, 3.8) is 0 Å². The molecule has 2 N–H and O–H groups in total. The lowest BCUT2D eigenvalue weighted by Crippen LogP contribution is -2.37. The number of nitrogens with zero attached hydrogens (tertiary/aromatic N) is 1. The van der Waals surface area contributed by atoms with Crippen LogP contribution in [0.2, 0.25) is 0 Å². The largest absolute Gasteiger partial charge is 0.496 e. The average molecular weight is 264 g/mol. The smallest absolute Gasteiger partial charge is 0.128 e. The Bertz CT molecular complexity index is 428. The van der Waals surface area contributed by atoms with E-state index in [1.54, 1.807) is 7.11 Å². The van der Waals surface area contributed by atoms with Gasteiger partial charge in [0.15, 0.2) is 0 Å². The molecule has 4 heteroatoms. The summed E-state index contributed by atoms with van der Waals surface area (Å²) in [5.74, 6) is 1.22. The van der Waals surface area contributed by atoms with Crippen LogP contribution in [-0.2, 0) is 6.42 Å². The van der Waals surface area contributed by atoms with Crippen molar-refractivity contribution in [2.75, 3.05) is 20.2 Å². The van der Waals surface area contributed by atoms with E-state index in [1.807, 2.05) is 20.0 Å². The minimum atomic E-state index is -0.327. The number of aryl methyl sites for hydroxylation is 1. The third-order valence-corrected chi connectivity index (χ3v) is 4.03. The molecular formula is C15H24N2O2. The first kappa shape index (κ1) is 14.3. The fourth-order valence-electron chi connectivity index (χ4n) is 2.85. The molecule has 2 rings (SSSR count). The zero-order chi connectivity index (χ0) is 13.8. The van der Waals surface area contributed by atoms with Crippen LogP contribution in [0, 0.1) is 19.8 Å². The molecule has 2 atom stereocenters. The molecule has 106 valence electrons. The first-order valence-corrected chi connectivity index (χ1v) is 7.01. The van der Waals surface area contributed by atoms with E-state index >= 15 is 0 Å². The van der Waals surface area contributed by atoms with Crippen molar-refractivity contribution in [3.05, 3.63) is 23.0 Å². The van der Waals surface area contributed by atoms with Gasteiger partial charge in [0, 0.05) is 36.0 Å². The molecule has 0 saturated carbocycles. The molecule has 1 aromatic heterocycles. The van der Waals surface area contributed by atoms with Gasteiger partial charge in [-0.15, -0.1) is 0 Å². The number of aromatic nitrogens is 1. The molecule has 0 bridgehead atoms. The molecule has 0 amide bonds. The van der Waals surface area contributed by atoms with Crippen molar-refractivity contribution in [1.29, 1.82) is 0 Å². The Hall–Kier alpha value is -1.13. The fourth-order valence-corrected chi connectivity index (χ4v) is 2.85. The van der Waals surface area contributed by atoms with E-state index in [0.29, 0.717) is 12.3 Å². The van der Waals surface area contributed by atoms with Gasteiger partial charge in [-0.25, -0.2) is 0 Å². The maximum Gasteiger partial charge on any atom is 0.128 e. The highest BCUT2D eigenvalue weighted by Crippen LogP contribution is 2.26. The highest BCUT2D eigenvalue weighted by atomic mass is 16.5. The predicted octanol–water partition coefficient (Wildman–Crippen LogP) is 1.61. The van der Waals surface area contributed by atoms with Gasteiger partial charge in [-0.05, 0) is 39.2 Å². The summed E-state index contributed by atoms with van der Waals surface area (Å²) in [6.07, 6.45) is 4.34. The Balaban J connectivity index is 2.10. The number of piperidine rings is 1. The molecule has 1 aliphatic rings. The summed E-state index contributed by atoms with van der Waals surface area (Å²) in [4.78, 5) is 4.46. The van der Waals surface area contributed by atoms with E-state index in [-0.39, 0.29) is 6.10 Å². The first-order valence-electron chi connectivity index (χ1n) is 7.01. The topological polar surface area (TPSA) is 54.4 Å². The highest BCUT2D eigenvalue weighted by Gasteiger charge is 2.23. The molecule has 1 saturated heterocycles. The SMILES string of the molecule is COc1c(C)cnc(CC(O)C2CCCNC2)c1C. The maximum absolute atomic E-state index is 10.4. The number of pyridine rings is 1. The summed E-state index contributed by atoms with van der Waals surface area (Å²) in [6, 6.07) is 0. The normalized spacial score (nSPS) is 21.2. The Morgan fingerprint density at radius 2 is 2.32 bits per heavy atom. The zero-order valence-electron chi connectivity index (χ0n) is 12.1. The minimum absolute atomic E-state index is 0.327. The second-order valence-corrected chi connectivity index (χ2v) is 5.42. The molecule has 0 aromatic carbocycles. The maximum atomic E-state index is 10.4. The van der Waals surface area contributed by atoms with Gasteiger partial charge in [-0.2, -0.15) is 0 Å². The highest BCUT2D eigenvalue weighted by molar-refractivity contribution is 5.41. The van der Waals surface area contributed by atoms with E-state index in [4.69, 9.17) is 4.74 Å². The minimum Gasteiger partial charge on any atom is -0.496 e. The molecule has 4 nitrogen and oxygen atoms in total. The lowest BCUT2D eigenvalue weighted by Gasteiger charge is -2.27. The van der Waals surface area contributed by atoms with Gasteiger partial charge in [0.25, 0.3) is 0 Å². The lowest BCUT2D eigenvalue weighted by molar-refractivity contribution is 0.0911. The summed E-state index contributed by atoms with van der Waals surface area (Å²) in [5.41, 5.74) is 3.03. The van der Waals surface area contributed by atoms with E-state index < -0.39 is 0 Å². The third kappa shape index (κ3) is 3.25. The van der Waals surface area contributed by atoms with Gasteiger partial charge < -0.3 is 15.2 Å². The fraction of sp³-hybridized carbons (Fsp3) is 0.667. The zero-order valence-corrected chi connectivity index (χ0v) is 12.1. The van der Waals surface area contributed by atoms with Crippen LogP contribution in [0.3, 0.4) is 0 Å². The second-order valence-electron chi connectivity index (χ2n) is 5.42. The Kier molecular flexibility index (Phi) is 4.77. The standard InChI is InChI=1S/C15H24N2O2/c1-10-8-17-13(11(2)15(10)19-3)7-14(18)12-5-4-6-16-9-12/h8,12,14,16,18H,4-7,9H2,1-3H3. The van der Waals surface area contributed by atoms with Gasteiger partial charge in [-0.3, -0.25) is 4.98 Å². The molecule has 1 aromatic rings. The van der Waals surface area contributed by atoms with Crippen molar-refractivity contribution >= 4 is 0 Å². The predicted molar refractivity (Wildman–Crippen MR) is 75.6 cm³/mol. The second kappa shape index (κ2) is 6.35. The molecule has 2 unspecified atom stereocenters. The van der Waals surface area contributed by atoms with Crippen molar-refractivity contribution in [3.8, 4) is 5.75 Å². The van der Waals surface area contributed by atoms with Crippen LogP contribution >= 0.6 is 0 Å². The Morgan fingerprint density at radius 1 is 1.53 bits per heavy atom. The molecule has 2 heterocycles. The van der Waals surface area contributed by atoms with E-state index in [1.165, 1.54) is 0 Å². The molecule has 0 spiro atoms. The number of aliphatic hydroxyl groups excluding tert-OH is 1. The summed E-state index contributed by atoms with van der Waals surface area (Å²) in [6.45, 7) is 5.98. The summed E-state index contributed by atoms with van der Waals surface area (Å²) < 4.78 is 5.41. The summed E-state index contributed by atoms with van der Waals surface area (Å²) in [5, 5.41) is 13.7. The van der Waals surface area contributed by atoms with E-state index in [9.17, 15) is 5.11 Å². The van der Waals surface area contributed by atoms with Crippen LogP contribution in [0.5, 0.6) is 5.75 Å². The van der Waals surface area contributed by atoms with Gasteiger partial charge in [0.05, 0.1) is 13.2 Å². The number of methoxy groups -OCH3 is 1. The monoisotopic (exact) mass is 264 g/mol. The van der Waals surface area contributed by atoms with Crippen molar-refractivity contribution in [2.24, 2.45) is 5.92 Å². The number of hydrogen-bond donors (Lipinski definition) is 2. The van der Waals surface area contributed by atoms with Gasteiger partial charge in [-0.1, -0.05) is 0 Å². The number of rotatable bonds is 4.